The molecule has 0 saturated heterocycles. The molecule has 0 radical (unpaired) electrons. The maximum Gasteiger partial charge on any atom is 0.233 e. The highest BCUT2D eigenvalue weighted by molar-refractivity contribution is 7.98. The quantitative estimate of drug-likeness (QED) is 0.292. The van der Waals surface area contributed by atoms with Gasteiger partial charge in [-0.25, -0.2) is 4.98 Å². The monoisotopic (exact) mass is 468 g/mol. The van der Waals surface area contributed by atoms with E-state index in [1.165, 1.54) is 16.2 Å². The van der Waals surface area contributed by atoms with E-state index in [0.717, 1.165) is 15.8 Å². The third-order valence-corrected chi connectivity index (χ3v) is 7.18. The average molecular weight is 469 g/mol. The number of carbonyl (C=O) groups is 1. The van der Waals surface area contributed by atoms with E-state index < -0.39 is 0 Å². The number of anilines is 1. The van der Waals surface area contributed by atoms with E-state index in [2.05, 4.69) is 0 Å². The number of hydrogen-bond donors (Lipinski definition) is 0. The summed E-state index contributed by atoms with van der Waals surface area (Å²) in [6.07, 6.45) is 2.33. The van der Waals surface area contributed by atoms with Crippen LogP contribution in [0.25, 0.3) is 10.2 Å². The summed E-state index contributed by atoms with van der Waals surface area (Å²) in [7, 11) is 1.60. The Morgan fingerprint density at radius 3 is 2.48 bits per heavy atom. The lowest BCUT2D eigenvalue weighted by molar-refractivity contribution is -0.118. The summed E-state index contributed by atoms with van der Waals surface area (Å²) in [4.78, 5) is 21.1. The van der Waals surface area contributed by atoms with Crippen LogP contribution in [0.1, 0.15) is 11.1 Å². The van der Waals surface area contributed by atoms with Crippen LogP contribution in [0.5, 0.6) is 5.75 Å². The molecule has 4 aromatic rings. The maximum absolute atomic E-state index is 13.4. The van der Waals surface area contributed by atoms with Crippen molar-refractivity contribution in [1.82, 2.24) is 4.98 Å². The molecule has 0 aliphatic rings. The molecule has 31 heavy (non-hydrogen) atoms. The minimum Gasteiger partial charge on any atom is -0.494 e. The van der Waals surface area contributed by atoms with E-state index >= 15 is 0 Å². The number of benzene rings is 3. The first-order chi connectivity index (χ1) is 15.1. The fourth-order valence-electron chi connectivity index (χ4n) is 3.26. The van der Waals surface area contributed by atoms with E-state index in [1.54, 1.807) is 35.9 Å². The van der Waals surface area contributed by atoms with Crippen molar-refractivity contribution in [2.24, 2.45) is 0 Å². The molecule has 3 aromatic carbocycles. The number of aromatic nitrogens is 1. The van der Waals surface area contributed by atoms with E-state index in [-0.39, 0.29) is 5.91 Å². The Morgan fingerprint density at radius 2 is 1.81 bits per heavy atom. The molecule has 0 unspecified atom stereocenters. The molecular formula is C24H21ClN2O2S2. The van der Waals surface area contributed by atoms with Gasteiger partial charge in [-0.2, -0.15) is 0 Å². The van der Waals surface area contributed by atoms with Crippen molar-refractivity contribution in [1.29, 1.82) is 0 Å². The van der Waals surface area contributed by atoms with Gasteiger partial charge in [0.05, 0.1) is 29.8 Å². The van der Waals surface area contributed by atoms with Gasteiger partial charge in [0.15, 0.2) is 5.13 Å². The molecule has 0 saturated carbocycles. The summed E-state index contributed by atoms with van der Waals surface area (Å²) in [6, 6.07) is 21.6. The lowest BCUT2D eigenvalue weighted by Crippen LogP contribution is -2.31. The number of halogens is 1. The summed E-state index contributed by atoms with van der Waals surface area (Å²) in [5.41, 5.74) is 2.67. The zero-order valence-electron chi connectivity index (χ0n) is 17.2. The first-order valence-electron chi connectivity index (χ1n) is 9.69. The lowest BCUT2D eigenvalue weighted by atomic mass is 10.1. The lowest BCUT2D eigenvalue weighted by Gasteiger charge is -2.20. The minimum atomic E-state index is -0.0186. The largest absolute Gasteiger partial charge is 0.494 e. The normalized spacial score (nSPS) is 10.9. The average Bonchev–Trinajstić information content (AvgIpc) is 3.25. The Hall–Kier alpha value is -2.54. The number of carbonyl (C=O) groups excluding carboxylic acids is 1. The van der Waals surface area contributed by atoms with Crippen LogP contribution < -0.4 is 9.64 Å². The number of methoxy groups -OCH3 is 1. The number of ether oxygens (including phenoxy) is 1. The van der Waals surface area contributed by atoms with Crippen LogP contribution in [0.2, 0.25) is 5.02 Å². The number of thiazole rings is 1. The Balaban J connectivity index is 1.71. The molecule has 0 spiro atoms. The minimum absolute atomic E-state index is 0.0186. The summed E-state index contributed by atoms with van der Waals surface area (Å²) < 4.78 is 6.26. The predicted molar refractivity (Wildman–Crippen MR) is 131 cm³/mol. The van der Waals surface area contributed by atoms with Gasteiger partial charge in [-0.15, -0.1) is 11.8 Å². The molecule has 4 rings (SSSR count). The number of fused-ring (bicyclic) bond motifs is 1. The highest BCUT2D eigenvalue weighted by Gasteiger charge is 2.22. The van der Waals surface area contributed by atoms with Gasteiger partial charge >= 0.3 is 0 Å². The second kappa shape index (κ2) is 9.73. The van der Waals surface area contributed by atoms with Crippen molar-refractivity contribution in [3.63, 3.8) is 0 Å². The zero-order chi connectivity index (χ0) is 21.8. The highest BCUT2D eigenvalue weighted by atomic mass is 35.5. The van der Waals surface area contributed by atoms with Crippen LogP contribution in [0.3, 0.4) is 0 Å². The maximum atomic E-state index is 13.4. The van der Waals surface area contributed by atoms with Crippen LogP contribution in [0.15, 0.2) is 71.6 Å². The molecule has 1 amide bonds. The predicted octanol–water partition coefficient (Wildman–Crippen LogP) is 6.46. The van der Waals surface area contributed by atoms with Crippen LogP contribution in [-0.2, 0) is 17.8 Å². The molecule has 158 valence electrons. The molecule has 1 heterocycles. The smallest absolute Gasteiger partial charge is 0.233 e. The molecular weight excluding hydrogens is 448 g/mol. The van der Waals surface area contributed by atoms with Crippen molar-refractivity contribution in [2.75, 3.05) is 18.3 Å². The summed E-state index contributed by atoms with van der Waals surface area (Å²) in [5.74, 6) is 0.622. The van der Waals surface area contributed by atoms with Gasteiger partial charge in [0, 0.05) is 4.90 Å². The highest BCUT2D eigenvalue weighted by Crippen LogP contribution is 2.39. The molecule has 0 atom stereocenters. The number of hydrogen-bond acceptors (Lipinski definition) is 5. The molecule has 0 N–H and O–H groups in total. The van der Waals surface area contributed by atoms with Crippen molar-refractivity contribution in [2.45, 2.75) is 17.9 Å². The van der Waals surface area contributed by atoms with E-state index in [1.807, 2.05) is 60.9 Å². The SMILES string of the molecule is COc1ccc(Cl)c2sc(N(Cc3ccccc3)C(=O)Cc3ccc(SC)cc3)nc12. The summed E-state index contributed by atoms with van der Waals surface area (Å²) in [6.45, 7) is 0.433. The molecule has 0 aliphatic heterocycles. The van der Waals surface area contributed by atoms with Crippen LogP contribution >= 0.6 is 34.7 Å². The van der Waals surface area contributed by atoms with Crippen LogP contribution in [0, 0.1) is 0 Å². The third-order valence-electron chi connectivity index (χ3n) is 4.90. The molecule has 4 nitrogen and oxygen atoms in total. The number of rotatable bonds is 7. The standard InChI is InChI=1S/C24H21ClN2O2S2/c1-29-20-13-12-19(25)23-22(20)26-24(31-23)27(15-17-6-4-3-5-7-17)21(28)14-16-8-10-18(30-2)11-9-16/h3-13H,14-15H2,1-2H3. The Bertz CT molecular complexity index is 1190. The van der Waals surface area contributed by atoms with Crippen molar-refractivity contribution in [3.8, 4) is 5.75 Å². The topological polar surface area (TPSA) is 42.4 Å². The second-order valence-corrected chi connectivity index (χ2v) is 9.18. The van der Waals surface area contributed by atoms with Gasteiger partial charge in [0.1, 0.15) is 11.3 Å². The van der Waals surface area contributed by atoms with E-state index in [9.17, 15) is 4.79 Å². The second-order valence-electron chi connectivity index (χ2n) is 6.91. The van der Waals surface area contributed by atoms with E-state index in [0.29, 0.717) is 34.4 Å². The van der Waals surface area contributed by atoms with Crippen LogP contribution in [0.4, 0.5) is 5.13 Å². The van der Waals surface area contributed by atoms with Gasteiger partial charge in [-0.3, -0.25) is 9.69 Å². The molecule has 0 bridgehead atoms. The van der Waals surface area contributed by atoms with Gasteiger partial charge in [0.25, 0.3) is 0 Å². The molecule has 1 aromatic heterocycles. The van der Waals surface area contributed by atoms with Gasteiger partial charge in [-0.05, 0) is 41.6 Å². The van der Waals surface area contributed by atoms with Crippen molar-refractivity contribution in [3.05, 3.63) is 82.9 Å². The third kappa shape index (κ3) is 4.87. The first-order valence-corrected chi connectivity index (χ1v) is 12.1. The molecule has 7 heteroatoms. The van der Waals surface area contributed by atoms with E-state index in [4.69, 9.17) is 21.3 Å². The van der Waals surface area contributed by atoms with Crippen molar-refractivity contribution >= 4 is 56.0 Å². The Labute approximate surface area is 194 Å². The van der Waals surface area contributed by atoms with Gasteiger partial charge in [-0.1, -0.05) is 65.4 Å². The fraction of sp³-hybridized carbons (Fsp3) is 0.167. The summed E-state index contributed by atoms with van der Waals surface area (Å²) >= 11 is 9.50. The molecule has 0 aliphatic carbocycles. The zero-order valence-corrected chi connectivity index (χ0v) is 19.6. The number of nitrogens with zero attached hydrogens (tertiary/aromatic N) is 2. The van der Waals surface area contributed by atoms with Gasteiger partial charge in [0.2, 0.25) is 5.91 Å². The Morgan fingerprint density at radius 1 is 1.06 bits per heavy atom. The first kappa shape index (κ1) is 21.7. The van der Waals surface area contributed by atoms with Crippen LogP contribution in [-0.4, -0.2) is 24.3 Å². The number of thioether (sulfide) groups is 1. The number of amides is 1. The van der Waals surface area contributed by atoms with Crippen molar-refractivity contribution < 1.29 is 9.53 Å². The molecule has 0 fully saturated rings. The summed E-state index contributed by atoms with van der Waals surface area (Å²) in [5, 5.41) is 1.20. The Kier molecular flexibility index (Phi) is 6.80. The fourth-order valence-corrected chi connectivity index (χ4v) is 4.94. The van der Waals surface area contributed by atoms with Gasteiger partial charge < -0.3 is 4.74 Å².